The number of carbonyl (C=O) groups excluding carboxylic acids is 1. The highest BCUT2D eigenvalue weighted by Crippen LogP contribution is 2.29. The number of hydrogen-bond donors (Lipinski definition) is 0. The molecule has 2 aromatic rings. The zero-order valence-corrected chi connectivity index (χ0v) is 13.2. The summed E-state index contributed by atoms with van der Waals surface area (Å²) in [5.41, 5.74) is 2.45. The minimum absolute atomic E-state index is 0. The fourth-order valence-electron chi connectivity index (χ4n) is 2.34. The number of halogens is 1. The number of nitrogens with zero attached hydrogens (tertiary/aromatic N) is 1. The van der Waals surface area contributed by atoms with E-state index in [-0.39, 0.29) is 24.8 Å². The lowest BCUT2D eigenvalue weighted by molar-refractivity contribution is 0.0663. The van der Waals surface area contributed by atoms with Gasteiger partial charge in [0.2, 0.25) is 5.88 Å². The van der Waals surface area contributed by atoms with E-state index in [1.807, 2.05) is 25.0 Å². The summed E-state index contributed by atoms with van der Waals surface area (Å²) in [7, 11) is 0. The lowest BCUT2D eigenvalue weighted by Gasteiger charge is -2.09. The highest BCUT2D eigenvalue weighted by molar-refractivity contribution is 6.67. The van der Waals surface area contributed by atoms with Gasteiger partial charge in [0.05, 0.1) is 18.4 Å². The number of esters is 1. The zero-order valence-electron chi connectivity index (χ0n) is 12.4. The van der Waals surface area contributed by atoms with Crippen LogP contribution in [0.2, 0.25) is 11.8 Å². The Kier molecular flexibility index (Phi) is 4.36. The normalized spacial score (nSPS) is 12.7. The van der Waals surface area contributed by atoms with Crippen molar-refractivity contribution in [2.75, 3.05) is 0 Å². The van der Waals surface area contributed by atoms with Crippen LogP contribution in [0, 0.1) is 0 Å². The molecule has 1 aromatic carbocycles. The Morgan fingerprint density at radius 3 is 3.09 bits per heavy atom. The van der Waals surface area contributed by atoms with E-state index in [4.69, 9.17) is 21.0 Å². The molecule has 5 nitrogen and oxygen atoms in total. The molecule has 2 heterocycles. The van der Waals surface area contributed by atoms with Crippen LogP contribution in [0.5, 0.6) is 11.6 Å². The number of aromatic nitrogens is 1. The molecule has 0 radical (unpaired) electrons. The van der Waals surface area contributed by atoms with Crippen LogP contribution >= 0.6 is 11.6 Å². The maximum absolute atomic E-state index is 11.6. The molecule has 0 N–H and O–H groups in total. The third-order valence-electron chi connectivity index (χ3n) is 3.49. The summed E-state index contributed by atoms with van der Waals surface area (Å²) >= 11 is 6.12. The minimum atomic E-state index is -0.579. The van der Waals surface area contributed by atoms with E-state index in [1.165, 1.54) is 12.3 Å². The summed E-state index contributed by atoms with van der Waals surface area (Å²) in [6, 6.07) is 7.14. The molecule has 23 heavy (non-hydrogen) atoms. The van der Waals surface area contributed by atoms with Crippen molar-refractivity contribution in [2.45, 2.75) is 13.4 Å². The highest BCUT2D eigenvalue weighted by Gasteiger charge is 2.23. The van der Waals surface area contributed by atoms with Crippen molar-refractivity contribution in [3.63, 3.8) is 0 Å². The lowest BCUT2D eigenvalue weighted by Crippen LogP contribution is -2.23. The largest absolute Gasteiger partial charge is 0.438 e. The van der Waals surface area contributed by atoms with Crippen LogP contribution in [-0.4, -0.2) is 17.9 Å². The van der Waals surface area contributed by atoms with Crippen LogP contribution in [0.3, 0.4) is 0 Å². The summed E-state index contributed by atoms with van der Waals surface area (Å²) in [6.45, 7) is 5.98. The Bertz CT molecular complexity index is 787. The first-order valence-electron chi connectivity index (χ1n) is 6.98. The number of fused-ring (bicyclic) bond motifs is 1. The third kappa shape index (κ3) is 3.23. The number of hydrogen-bond acceptors (Lipinski definition) is 5. The molecule has 0 aliphatic carbocycles. The molecule has 0 bridgehead atoms. The predicted octanol–water partition coefficient (Wildman–Crippen LogP) is 3.43. The van der Waals surface area contributed by atoms with Crippen LogP contribution in [0.1, 0.15) is 17.3 Å². The fourth-order valence-corrected chi connectivity index (χ4v) is 2.54. The van der Waals surface area contributed by atoms with E-state index >= 15 is 0 Å². The molecule has 3 rings (SSSR count). The van der Waals surface area contributed by atoms with Crippen LogP contribution in [0.4, 0.5) is 0 Å². The first-order valence-corrected chi connectivity index (χ1v) is 7.36. The lowest BCUT2D eigenvalue weighted by atomic mass is 9.64. The third-order valence-corrected chi connectivity index (χ3v) is 3.76. The maximum Gasteiger partial charge on any atom is 0.344 e. The average molecular weight is 332 g/mol. The predicted molar refractivity (Wildman–Crippen MR) is 89.5 cm³/mol. The quantitative estimate of drug-likeness (QED) is 0.488. The second-order valence-corrected chi connectivity index (χ2v) is 5.41. The van der Waals surface area contributed by atoms with Gasteiger partial charge in [-0.25, -0.2) is 9.78 Å². The molecule has 0 fully saturated rings. The minimum Gasteiger partial charge on any atom is -0.438 e. The van der Waals surface area contributed by atoms with E-state index in [1.54, 1.807) is 0 Å². The van der Waals surface area contributed by atoms with Gasteiger partial charge in [0.15, 0.2) is 0 Å². The SMILES string of the molecule is C=COC(=O)c1cnc(Oc2ccc3c(c2)COB3C)c(Cl)c1.[HH]. The van der Waals surface area contributed by atoms with Crippen molar-refractivity contribution >= 4 is 29.9 Å². The molecule has 0 spiro atoms. The zero-order chi connectivity index (χ0) is 16.4. The molecule has 1 aromatic heterocycles. The molecular formula is C16H15BClNO4. The van der Waals surface area contributed by atoms with Crippen molar-refractivity contribution in [1.29, 1.82) is 0 Å². The number of benzene rings is 1. The Morgan fingerprint density at radius 2 is 2.35 bits per heavy atom. The Balaban J connectivity index is 0.00000208. The Labute approximate surface area is 140 Å². The summed E-state index contributed by atoms with van der Waals surface area (Å²) in [5, 5.41) is 0.216. The molecule has 0 saturated heterocycles. The van der Waals surface area contributed by atoms with Crippen molar-refractivity contribution in [1.82, 2.24) is 4.98 Å². The van der Waals surface area contributed by atoms with E-state index in [9.17, 15) is 4.79 Å². The molecule has 0 unspecified atom stereocenters. The molecule has 118 valence electrons. The molecular weight excluding hydrogens is 316 g/mol. The molecule has 7 heteroatoms. The topological polar surface area (TPSA) is 57.7 Å². The molecule has 0 saturated carbocycles. The van der Waals surface area contributed by atoms with Gasteiger partial charge in [-0.05, 0) is 29.2 Å². The van der Waals surface area contributed by atoms with Crippen molar-refractivity contribution in [2.24, 2.45) is 0 Å². The second kappa shape index (κ2) is 6.44. The van der Waals surface area contributed by atoms with Gasteiger partial charge in [-0.1, -0.05) is 31.1 Å². The highest BCUT2D eigenvalue weighted by atomic mass is 35.5. The van der Waals surface area contributed by atoms with Gasteiger partial charge in [-0.2, -0.15) is 0 Å². The van der Waals surface area contributed by atoms with Gasteiger partial charge in [-0.3, -0.25) is 0 Å². The van der Waals surface area contributed by atoms with Gasteiger partial charge < -0.3 is 14.1 Å². The second-order valence-electron chi connectivity index (χ2n) is 5.00. The van der Waals surface area contributed by atoms with Crippen LogP contribution < -0.4 is 10.2 Å². The van der Waals surface area contributed by atoms with Gasteiger partial charge in [0.1, 0.15) is 10.8 Å². The van der Waals surface area contributed by atoms with Crippen molar-refractivity contribution in [3.8, 4) is 11.6 Å². The molecule has 0 atom stereocenters. The standard InChI is InChI=1S/C16H13BClNO4.H2/c1-3-21-16(20)10-7-14(18)15(19-8-10)23-12-4-5-13-11(6-12)9-22-17(13)2;/h3-8H,1,9H2,2H3;1H. The van der Waals surface area contributed by atoms with Gasteiger partial charge >= 0.3 is 12.9 Å². The van der Waals surface area contributed by atoms with Gasteiger partial charge in [0.25, 0.3) is 0 Å². The van der Waals surface area contributed by atoms with Crippen LogP contribution in [0.15, 0.2) is 43.3 Å². The summed E-state index contributed by atoms with van der Waals surface area (Å²) < 4.78 is 15.9. The summed E-state index contributed by atoms with van der Waals surface area (Å²) in [4.78, 5) is 15.6. The Hall–Kier alpha value is -2.31. The number of ether oxygens (including phenoxy) is 2. The van der Waals surface area contributed by atoms with E-state index in [2.05, 4.69) is 16.3 Å². The Morgan fingerprint density at radius 1 is 1.52 bits per heavy atom. The van der Waals surface area contributed by atoms with Crippen LogP contribution in [-0.2, 0) is 16.0 Å². The molecule has 0 amide bonds. The first kappa shape index (κ1) is 15.6. The van der Waals surface area contributed by atoms with Crippen molar-refractivity contribution in [3.05, 3.63) is 59.5 Å². The van der Waals surface area contributed by atoms with Crippen molar-refractivity contribution < 1.29 is 20.3 Å². The summed E-state index contributed by atoms with van der Waals surface area (Å²) in [5.74, 6) is 0.246. The van der Waals surface area contributed by atoms with E-state index in [0.717, 1.165) is 17.3 Å². The smallest absolute Gasteiger partial charge is 0.344 e. The number of rotatable bonds is 4. The first-order chi connectivity index (χ1) is 11.1. The van der Waals surface area contributed by atoms with Crippen LogP contribution in [0.25, 0.3) is 0 Å². The van der Waals surface area contributed by atoms with E-state index in [0.29, 0.717) is 12.4 Å². The molecule has 1 aliphatic heterocycles. The number of pyridine rings is 1. The van der Waals surface area contributed by atoms with Gasteiger partial charge in [-0.15, -0.1) is 0 Å². The molecule has 1 aliphatic rings. The average Bonchev–Trinajstić information content (AvgIpc) is 2.90. The fraction of sp³-hybridized carbons (Fsp3) is 0.125. The monoisotopic (exact) mass is 331 g/mol. The van der Waals surface area contributed by atoms with Gasteiger partial charge in [0, 0.05) is 7.62 Å². The van der Waals surface area contributed by atoms with E-state index < -0.39 is 5.97 Å². The maximum atomic E-state index is 11.6. The summed E-state index contributed by atoms with van der Waals surface area (Å²) in [6.07, 6.45) is 2.39. The number of carbonyl (C=O) groups is 1.